The summed E-state index contributed by atoms with van der Waals surface area (Å²) >= 11 is 1.19. The summed E-state index contributed by atoms with van der Waals surface area (Å²) in [5.41, 5.74) is -0.621. The molecule has 1 fully saturated rings. The van der Waals surface area contributed by atoms with E-state index in [2.05, 4.69) is 10.1 Å². The lowest BCUT2D eigenvalue weighted by molar-refractivity contribution is 0.0596. The zero-order valence-corrected chi connectivity index (χ0v) is 13.5. The largest absolute Gasteiger partial charge is 0.465 e. The number of rotatable bonds is 3. The molecular weight excluding hydrogens is 318 g/mol. The summed E-state index contributed by atoms with van der Waals surface area (Å²) < 4.78 is 10.2. The lowest BCUT2D eigenvalue weighted by atomic mass is 9.95. The van der Waals surface area contributed by atoms with Crippen LogP contribution in [0.3, 0.4) is 0 Å². The second-order valence-corrected chi connectivity index (χ2v) is 6.67. The highest BCUT2D eigenvalue weighted by Crippen LogP contribution is 2.26. The molecule has 2 heterocycles. The molecule has 0 saturated heterocycles. The highest BCUT2D eigenvalue weighted by molar-refractivity contribution is 7.20. The number of ether oxygens (including phenoxy) is 1. The van der Waals surface area contributed by atoms with Crippen molar-refractivity contribution in [2.45, 2.75) is 38.1 Å². The molecule has 0 radical (unpaired) electrons. The van der Waals surface area contributed by atoms with Gasteiger partial charge in [0.25, 0.3) is 5.91 Å². The fraction of sp³-hybridized carbons (Fsp3) is 0.438. The molecule has 1 saturated carbocycles. The third kappa shape index (κ3) is 3.29. The minimum atomic E-state index is -0.763. The number of carbonyl (C=O) groups is 2. The summed E-state index contributed by atoms with van der Waals surface area (Å²) in [7, 11) is 1.20. The van der Waals surface area contributed by atoms with Crippen molar-refractivity contribution in [2.24, 2.45) is 0 Å². The third-order valence-electron chi connectivity index (χ3n) is 3.99. The van der Waals surface area contributed by atoms with Gasteiger partial charge < -0.3 is 14.5 Å². The number of carbonyl (C=O) groups excluding carboxylic acids is 2. The standard InChI is InChI=1S/C16H17NO5S/c1-21-15(19)10-7-12-11(22-16(10)20)8-13(23-12)14(18)17-9-5-3-2-4-6-9/h7-9H,2-6H2,1H3,(H,17,18). The SMILES string of the molecule is COC(=O)c1cc2sc(C(=O)NC3CCCCC3)cc2oc1=O. The van der Waals surface area contributed by atoms with E-state index in [1.54, 1.807) is 6.07 Å². The molecule has 0 bridgehead atoms. The van der Waals surface area contributed by atoms with E-state index in [4.69, 9.17) is 4.42 Å². The Balaban J connectivity index is 1.86. The minimum absolute atomic E-state index is 0.166. The second kappa shape index (κ2) is 6.54. The maximum Gasteiger partial charge on any atom is 0.351 e. The predicted octanol–water partition coefficient (Wildman–Crippen LogP) is 2.70. The van der Waals surface area contributed by atoms with Crippen molar-refractivity contribution >= 4 is 33.5 Å². The Morgan fingerprint density at radius 2 is 2.00 bits per heavy atom. The topological polar surface area (TPSA) is 85.6 Å². The number of nitrogens with one attached hydrogen (secondary N) is 1. The lowest BCUT2D eigenvalue weighted by Crippen LogP contribution is -2.35. The van der Waals surface area contributed by atoms with Gasteiger partial charge in [-0.1, -0.05) is 19.3 Å². The molecule has 0 unspecified atom stereocenters. The Hall–Kier alpha value is -2.15. The van der Waals surface area contributed by atoms with Gasteiger partial charge in [0.05, 0.1) is 16.7 Å². The molecule has 6 nitrogen and oxygen atoms in total. The summed E-state index contributed by atoms with van der Waals surface area (Å²) in [4.78, 5) is 36.1. The van der Waals surface area contributed by atoms with Gasteiger partial charge in [-0.25, -0.2) is 9.59 Å². The van der Waals surface area contributed by atoms with Crippen molar-refractivity contribution in [3.05, 3.63) is 33.0 Å². The molecule has 0 aliphatic heterocycles. The molecule has 1 aliphatic rings. The molecule has 122 valence electrons. The van der Waals surface area contributed by atoms with Gasteiger partial charge in [0, 0.05) is 12.1 Å². The molecule has 2 aromatic rings. The van der Waals surface area contributed by atoms with Crippen LogP contribution in [0.15, 0.2) is 21.3 Å². The van der Waals surface area contributed by atoms with Crippen LogP contribution in [0.25, 0.3) is 10.3 Å². The molecule has 1 N–H and O–H groups in total. The van der Waals surface area contributed by atoms with Crippen molar-refractivity contribution in [1.82, 2.24) is 5.32 Å². The van der Waals surface area contributed by atoms with Gasteiger partial charge in [0.2, 0.25) is 0 Å². The number of fused-ring (bicyclic) bond motifs is 1. The Labute approximate surface area is 136 Å². The van der Waals surface area contributed by atoms with Gasteiger partial charge in [-0.15, -0.1) is 11.3 Å². The van der Waals surface area contributed by atoms with Crippen LogP contribution in [0.1, 0.15) is 52.1 Å². The Morgan fingerprint density at radius 1 is 1.26 bits per heavy atom. The first-order valence-electron chi connectivity index (χ1n) is 7.55. The number of esters is 1. The molecule has 3 rings (SSSR count). The number of hydrogen-bond donors (Lipinski definition) is 1. The quantitative estimate of drug-likeness (QED) is 0.872. The van der Waals surface area contributed by atoms with E-state index in [0.29, 0.717) is 15.2 Å². The maximum atomic E-state index is 12.3. The smallest absolute Gasteiger partial charge is 0.351 e. The van der Waals surface area contributed by atoms with E-state index >= 15 is 0 Å². The monoisotopic (exact) mass is 335 g/mol. The molecule has 2 aromatic heterocycles. The van der Waals surface area contributed by atoms with Crippen LogP contribution in [0.4, 0.5) is 0 Å². The van der Waals surface area contributed by atoms with E-state index in [9.17, 15) is 14.4 Å². The van der Waals surface area contributed by atoms with Crippen molar-refractivity contribution in [3.8, 4) is 0 Å². The van der Waals surface area contributed by atoms with E-state index in [1.807, 2.05) is 0 Å². The Morgan fingerprint density at radius 3 is 2.70 bits per heavy atom. The van der Waals surface area contributed by atoms with Crippen molar-refractivity contribution in [2.75, 3.05) is 7.11 Å². The summed E-state index contributed by atoms with van der Waals surface area (Å²) in [6.45, 7) is 0. The Kier molecular flexibility index (Phi) is 4.47. The lowest BCUT2D eigenvalue weighted by Gasteiger charge is -2.22. The van der Waals surface area contributed by atoms with Crippen LogP contribution >= 0.6 is 11.3 Å². The predicted molar refractivity (Wildman–Crippen MR) is 86.0 cm³/mol. The molecule has 1 amide bonds. The molecule has 0 atom stereocenters. The van der Waals surface area contributed by atoms with Crippen molar-refractivity contribution in [1.29, 1.82) is 0 Å². The van der Waals surface area contributed by atoms with Gasteiger partial charge in [0.15, 0.2) is 0 Å². The number of amides is 1. The van der Waals surface area contributed by atoms with Gasteiger partial charge >= 0.3 is 11.6 Å². The van der Waals surface area contributed by atoms with Crippen LogP contribution in [0, 0.1) is 0 Å². The summed E-state index contributed by atoms with van der Waals surface area (Å²) in [6, 6.07) is 3.16. The van der Waals surface area contributed by atoms with Gasteiger partial charge in [-0.3, -0.25) is 4.79 Å². The highest BCUT2D eigenvalue weighted by atomic mass is 32.1. The molecular formula is C16H17NO5S. The zero-order valence-electron chi connectivity index (χ0n) is 12.7. The van der Waals surface area contributed by atoms with E-state index in [-0.39, 0.29) is 17.5 Å². The fourth-order valence-electron chi connectivity index (χ4n) is 2.78. The fourth-order valence-corrected chi connectivity index (χ4v) is 3.71. The van der Waals surface area contributed by atoms with Gasteiger partial charge in [0.1, 0.15) is 11.1 Å². The van der Waals surface area contributed by atoms with Gasteiger partial charge in [-0.2, -0.15) is 0 Å². The molecule has 7 heteroatoms. The van der Waals surface area contributed by atoms with Crippen LogP contribution < -0.4 is 10.9 Å². The number of hydrogen-bond acceptors (Lipinski definition) is 6. The first-order chi connectivity index (χ1) is 11.1. The normalized spacial score (nSPS) is 15.5. The zero-order chi connectivity index (χ0) is 16.4. The third-order valence-corrected chi connectivity index (χ3v) is 5.05. The highest BCUT2D eigenvalue weighted by Gasteiger charge is 2.20. The summed E-state index contributed by atoms with van der Waals surface area (Å²) in [5, 5.41) is 3.02. The summed E-state index contributed by atoms with van der Waals surface area (Å²) in [6.07, 6.45) is 5.48. The minimum Gasteiger partial charge on any atom is -0.465 e. The average molecular weight is 335 g/mol. The van der Waals surface area contributed by atoms with Crippen LogP contribution in [-0.4, -0.2) is 25.0 Å². The van der Waals surface area contributed by atoms with E-state index in [0.717, 1.165) is 25.7 Å². The first kappa shape index (κ1) is 15.7. The van der Waals surface area contributed by atoms with Crippen molar-refractivity contribution in [3.63, 3.8) is 0 Å². The maximum absolute atomic E-state index is 12.3. The summed E-state index contributed by atoms with van der Waals surface area (Å²) in [5.74, 6) is -0.914. The van der Waals surface area contributed by atoms with Crippen LogP contribution in [0.5, 0.6) is 0 Å². The molecule has 0 spiro atoms. The van der Waals surface area contributed by atoms with Crippen molar-refractivity contribution < 1.29 is 18.7 Å². The van der Waals surface area contributed by atoms with E-state index < -0.39 is 11.6 Å². The Bertz CT molecular complexity index is 800. The molecule has 23 heavy (non-hydrogen) atoms. The average Bonchev–Trinajstić information content (AvgIpc) is 2.97. The number of thiophene rings is 1. The number of methoxy groups -OCH3 is 1. The van der Waals surface area contributed by atoms with Gasteiger partial charge in [-0.05, 0) is 18.9 Å². The molecule has 0 aromatic carbocycles. The second-order valence-electron chi connectivity index (χ2n) is 5.59. The first-order valence-corrected chi connectivity index (χ1v) is 8.37. The van der Waals surface area contributed by atoms with Crippen LogP contribution in [-0.2, 0) is 4.74 Å². The van der Waals surface area contributed by atoms with Crippen LogP contribution in [0.2, 0.25) is 0 Å². The van der Waals surface area contributed by atoms with E-state index in [1.165, 1.54) is 30.9 Å². The molecule has 1 aliphatic carbocycles.